The Morgan fingerprint density at radius 3 is 3.08 bits per heavy atom. The molecule has 3 heteroatoms. The van der Waals surface area contributed by atoms with Crippen molar-refractivity contribution in [3.63, 3.8) is 0 Å². The summed E-state index contributed by atoms with van der Waals surface area (Å²) >= 11 is 1.45. The van der Waals surface area contributed by atoms with Gasteiger partial charge in [-0.15, -0.1) is 0 Å². The lowest BCUT2D eigenvalue weighted by atomic mass is 10.1. The molecule has 1 aromatic carbocycles. The van der Waals surface area contributed by atoms with Gasteiger partial charge in [0.1, 0.15) is 0 Å². The van der Waals surface area contributed by atoms with Gasteiger partial charge in [0.05, 0.1) is 4.70 Å². The van der Waals surface area contributed by atoms with Gasteiger partial charge in [0.15, 0.2) is 5.78 Å². The number of carbonyl (C=O) groups excluding carboxylic acids is 1. The van der Waals surface area contributed by atoms with Crippen molar-refractivity contribution in [1.82, 2.24) is 4.37 Å². The van der Waals surface area contributed by atoms with Crippen molar-refractivity contribution in [2.45, 2.75) is 6.92 Å². The van der Waals surface area contributed by atoms with Crippen molar-refractivity contribution in [3.8, 4) is 0 Å². The van der Waals surface area contributed by atoms with E-state index in [1.54, 1.807) is 13.1 Å². The zero-order valence-corrected chi connectivity index (χ0v) is 7.39. The van der Waals surface area contributed by atoms with Crippen LogP contribution in [0.4, 0.5) is 0 Å². The normalized spacial score (nSPS) is 10.4. The van der Waals surface area contributed by atoms with Crippen molar-refractivity contribution >= 4 is 27.4 Å². The van der Waals surface area contributed by atoms with Gasteiger partial charge in [0.2, 0.25) is 0 Å². The number of fused-ring (bicyclic) bond motifs is 1. The molecule has 0 radical (unpaired) electrons. The lowest BCUT2D eigenvalue weighted by Gasteiger charge is -1.93. The Hall–Kier alpha value is -1.22. The summed E-state index contributed by atoms with van der Waals surface area (Å²) in [4.78, 5) is 11.0. The molecule has 0 atom stereocenters. The number of nitrogens with zero attached hydrogens (tertiary/aromatic N) is 1. The monoisotopic (exact) mass is 177 g/mol. The quantitative estimate of drug-likeness (QED) is 0.626. The third-order valence-electron chi connectivity index (χ3n) is 1.76. The summed E-state index contributed by atoms with van der Waals surface area (Å²) in [6.07, 6.45) is 1.78. The molecular formula is C9H7NOS. The Morgan fingerprint density at radius 1 is 1.50 bits per heavy atom. The summed E-state index contributed by atoms with van der Waals surface area (Å²) in [6, 6.07) is 5.65. The molecule has 12 heavy (non-hydrogen) atoms. The highest BCUT2D eigenvalue weighted by Crippen LogP contribution is 2.19. The van der Waals surface area contributed by atoms with Gasteiger partial charge in [-0.05, 0) is 36.7 Å². The van der Waals surface area contributed by atoms with Crippen molar-refractivity contribution in [1.29, 1.82) is 0 Å². The lowest BCUT2D eigenvalue weighted by Crippen LogP contribution is -1.89. The van der Waals surface area contributed by atoms with Crippen LogP contribution in [-0.4, -0.2) is 10.2 Å². The van der Waals surface area contributed by atoms with E-state index in [1.807, 2.05) is 18.2 Å². The molecule has 1 heterocycles. The van der Waals surface area contributed by atoms with Crippen molar-refractivity contribution in [2.75, 3.05) is 0 Å². The minimum atomic E-state index is 0.100. The molecule has 0 bridgehead atoms. The zero-order chi connectivity index (χ0) is 8.55. The molecule has 0 saturated heterocycles. The van der Waals surface area contributed by atoms with Crippen molar-refractivity contribution < 1.29 is 4.79 Å². The summed E-state index contributed by atoms with van der Waals surface area (Å²) in [7, 11) is 0. The van der Waals surface area contributed by atoms with Gasteiger partial charge in [0.25, 0.3) is 0 Å². The van der Waals surface area contributed by atoms with Gasteiger partial charge in [-0.2, -0.15) is 4.37 Å². The van der Waals surface area contributed by atoms with Crippen LogP contribution in [0.2, 0.25) is 0 Å². The number of Topliss-reactive ketones (excluding diaryl/α,β-unsaturated/α-hetero) is 1. The largest absolute Gasteiger partial charge is 0.295 e. The fraction of sp³-hybridized carbons (Fsp3) is 0.111. The maximum atomic E-state index is 11.0. The SMILES string of the molecule is CC(=O)c1ccc2sncc2c1. The molecule has 0 aliphatic carbocycles. The Balaban J connectivity index is 2.68. The Labute approximate surface area is 74.0 Å². The summed E-state index contributed by atoms with van der Waals surface area (Å²) in [6.45, 7) is 1.57. The van der Waals surface area contributed by atoms with Crippen LogP contribution < -0.4 is 0 Å². The number of hydrogen-bond acceptors (Lipinski definition) is 3. The van der Waals surface area contributed by atoms with E-state index in [0.29, 0.717) is 0 Å². The molecular weight excluding hydrogens is 170 g/mol. The first-order chi connectivity index (χ1) is 5.77. The smallest absolute Gasteiger partial charge is 0.159 e. The highest BCUT2D eigenvalue weighted by Gasteiger charge is 2.01. The molecule has 2 aromatic rings. The molecule has 60 valence electrons. The third kappa shape index (κ3) is 1.12. The van der Waals surface area contributed by atoms with E-state index >= 15 is 0 Å². The second-order valence-corrected chi connectivity index (χ2v) is 3.47. The number of hydrogen-bond donors (Lipinski definition) is 0. The zero-order valence-electron chi connectivity index (χ0n) is 6.57. The summed E-state index contributed by atoms with van der Waals surface area (Å²) in [5, 5.41) is 1.05. The maximum absolute atomic E-state index is 11.0. The molecule has 0 aliphatic rings. The minimum absolute atomic E-state index is 0.100. The lowest BCUT2D eigenvalue weighted by molar-refractivity contribution is 0.101. The molecule has 0 unspecified atom stereocenters. The first-order valence-electron chi connectivity index (χ1n) is 3.63. The summed E-state index contributed by atoms with van der Waals surface area (Å²) < 4.78 is 5.16. The predicted molar refractivity (Wildman–Crippen MR) is 49.6 cm³/mol. The van der Waals surface area contributed by atoms with Crippen molar-refractivity contribution in [3.05, 3.63) is 30.0 Å². The summed E-state index contributed by atoms with van der Waals surface area (Å²) in [5.41, 5.74) is 0.753. The molecule has 2 nitrogen and oxygen atoms in total. The Morgan fingerprint density at radius 2 is 2.33 bits per heavy atom. The van der Waals surface area contributed by atoms with Gasteiger partial charge in [-0.25, -0.2) is 0 Å². The number of carbonyl (C=O) groups is 1. The van der Waals surface area contributed by atoms with E-state index in [0.717, 1.165) is 15.6 Å². The average molecular weight is 177 g/mol. The van der Waals surface area contributed by atoms with Crippen LogP contribution in [0.1, 0.15) is 17.3 Å². The van der Waals surface area contributed by atoms with Crippen LogP contribution in [0.15, 0.2) is 24.4 Å². The molecule has 0 spiro atoms. The maximum Gasteiger partial charge on any atom is 0.159 e. The highest BCUT2D eigenvalue weighted by molar-refractivity contribution is 7.13. The highest BCUT2D eigenvalue weighted by atomic mass is 32.1. The molecule has 0 N–H and O–H groups in total. The fourth-order valence-corrected chi connectivity index (χ4v) is 1.72. The molecule has 0 fully saturated rings. The van der Waals surface area contributed by atoms with Crippen LogP contribution in [0.25, 0.3) is 10.1 Å². The van der Waals surface area contributed by atoms with Gasteiger partial charge in [0, 0.05) is 17.1 Å². The number of aromatic nitrogens is 1. The fourth-order valence-electron chi connectivity index (χ4n) is 1.09. The number of rotatable bonds is 1. The van der Waals surface area contributed by atoms with E-state index < -0.39 is 0 Å². The standard InChI is InChI=1S/C9H7NOS/c1-6(11)7-2-3-9-8(4-7)5-10-12-9/h2-5H,1H3. The molecule has 0 saturated carbocycles. The number of benzene rings is 1. The second kappa shape index (κ2) is 2.68. The third-order valence-corrected chi connectivity index (χ3v) is 2.54. The Bertz CT molecular complexity index is 433. The first kappa shape index (κ1) is 7.43. The minimum Gasteiger partial charge on any atom is -0.295 e. The van der Waals surface area contributed by atoms with Gasteiger partial charge >= 0.3 is 0 Å². The van der Waals surface area contributed by atoms with Crippen LogP contribution in [0.3, 0.4) is 0 Å². The van der Waals surface area contributed by atoms with Gasteiger partial charge in [-0.3, -0.25) is 4.79 Å². The molecule has 2 rings (SSSR count). The van der Waals surface area contributed by atoms with Crippen molar-refractivity contribution in [2.24, 2.45) is 0 Å². The molecule has 1 aromatic heterocycles. The topological polar surface area (TPSA) is 30.0 Å². The Kier molecular flexibility index (Phi) is 1.66. The predicted octanol–water partition coefficient (Wildman–Crippen LogP) is 2.50. The first-order valence-corrected chi connectivity index (χ1v) is 4.40. The van der Waals surface area contributed by atoms with Crippen LogP contribution >= 0.6 is 11.5 Å². The van der Waals surface area contributed by atoms with Crippen LogP contribution in [0.5, 0.6) is 0 Å². The average Bonchev–Trinajstić information content (AvgIpc) is 2.49. The number of ketones is 1. The van der Waals surface area contributed by atoms with E-state index in [2.05, 4.69) is 4.37 Å². The van der Waals surface area contributed by atoms with E-state index in [9.17, 15) is 4.79 Å². The second-order valence-electron chi connectivity index (χ2n) is 2.63. The van der Waals surface area contributed by atoms with E-state index in [1.165, 1.54) is 11.5 Å². The van der Waals surface area contributed by atoms with Gasteiger partial charge < -0.3 is 0 Å². The van der Waals surface area contributed by atoms with E-state index in [4.69, 9.17) is 0 Å². The molecule has 0 amide bonds. The van der Waals surface area contributed by atoms with E-state index in [-0.39, 0.29) is 5.78 Å². The summed E-state index contributed by atoms with van der Waals surface area (Å²) in [5.74, 6) is 0.100. The van der Waals surface area contributed by atoms with Crippen LogP contribution in [0, 0.1) is 0 Å². The van der Waals surface area contributed by atoms with Crippen LogP contribution in [-0.2, 0) is 0 Å². The van der Waals surface area contributed by atoms with Gasteiger partial charge in [-0.1, -0.05) is 0 Å². The molecule has 0 aliphatic heterocycles.